The number of hydrogen-bond acceptors (Lipinski definition) is 7. The number of hydrogen-bond donors (Lipinski definition) is 2. The van der Waals surface area contributed by atoms with E-state index in [-0.39, 0.29) is 11.9 Å². The number of aryl methyl sites for hydroxylation is 1. The molecule has 2 atom stereocenters. The van der Waals surface area contributed by atoms with Crippen LogP contribution in [0.5, 0.6) is 5.88 Å². The number of pyridine rings is 1. The largest absolute Gasteiger partial charge is 0.481 e. The van der Waals surface area contributed by atoms with Gasteiger partial charge in [-0.15, -0.1) is 0 Å². The third-order valence-corrected chi connectivity index (χ3v) is 5.71. The number of amides is 1. The molecule has 0 saturated carbocycles. The highest BCUT2D eigenvalue weighted by atomic mass is 16.5. The number of nitrogens with one attached hydrogen (secondary N) is 1. The molecule has 0 unspecified atom stereocenters. The Balaban J connectivity index is 1.31. The Morgan fingerprint density at radius 2 is 2.03 bits per heavy atom. The van der Waals surface area contributed by atoms with Gasteiger partial charge in [-0.3, -0.25) is 9.69 Å². The number of aromatic nitrogens is 2. The van der Waals surface area contributed by atoms with Crippen LogP contribution in [0.25, 0.3) is 11.1 Å². The van der Waals surface area contributed by atoms with Crippen molar-refractivity contribution in [2.24, 2.45) is 0 Å². The maximum Gasteiger partial charge on any atom is 0.237 e. The van der Waals surface area contributed by atoms with Crippen molar-refractivity contribution in [2.45, 2.75) is 38.5 Å². The maximum atomic E-state index is 12.8. The standard InChI is InChI=1S/C24H28N4O4/c1-16-11-21(32-27-16)9-10-28-15-20(29)12-22(28)24(30)26-13-17-3-5-18(6-4-17)19-7-8-23(31-2)25-14-19/h3-8,11,14,20,22,29H,9-10,12-13,15H2,1-2H3,(H,26,30)/t20-,22+/m1/s1. The van der Waals surface area contributed by atoms with Gasteiger partial charge in [-0.05, 0) is 30.5 Å². The lowest BCUT2D eigenvalue weighted by molar-refractivity contribution is -0.125. The van der Waals surface area contributed by atoms with Crippen molar-refractivity contribution in [2.75, 3.05) is 20.2 Å². The molecule has 2 aromatic heterocycles. The maximum absolute atomic E-state index is 12.8. The summed E-state index contributed by atoms with van der Waals surface area (Å²) in [5, 5.41) is 17.0. The molecule has 0 bridgehead atoms. The molecule has 168 valence electrons. The van der Waals surface area contributed by atoms with Crippen LogP contribution in [0.4, 0.5) is 0 Å². The third-order valence-electron chi connectivity index (χ3n) is 5.71. The van der Waals surface area contributed by atoms with Crippen molar-refractivity contribution in [1.82, 2.24) is 20.4 Å². The van der Waals surface area contributed by atoms with Gasteiger partial charge in [0.2, 0.25) is 11.8 Å². The van der Waals surface area contributed by atoms with Crippen LogP contribution in [0, 0.1) is 6.92 Å². The SMILES string of the molecule is COc1ccc(-c2ccc(CNC(=O)[C@@H]3C[C@@H](O)CN3CCc3cc(C)no3)cc2)cn1. The fraction of sp³-hybridized carbons (Fsp3) is 0.375. The molecule has 1 aliphatic heterocycles. The van der Waals surface area contributed by atoms with Gasteiger partial charge in [0, 0.05) is 49.9 Å². The molecule has 3 aromatic rings. The Labute approximate surface area is 187 Å². The first-order chi connectivity index (χ1) is 15.5. The zero-order valence-corrected chi connectivity index (χ0v) is 18.3. The molecule has 1 saturated heterocycles. The first-order valence-corrected chi connectivity index (χ1v) is 10.7. The van der Waals surface area contributed by atoms with E-state index in [1.165, 1.54) is 0 Å². The smallest absolute Gasteiger partial charge is 0.237 e. The van der Waals surface area contributed by atoms with E-state index in [1.54, 1.807) is 13.3 Å². The number of aliphatic hydroxyl groups is 1. The number of β-amino-alcohol motifs (C(OH)–C–C–N with tert-alkyl or cyclic N) is 1. The zero-order chi connectivity index (χ0) is 22.5. The van der Waals surface area contributed by atoms with Crippen LogP contribution in [0.2, 0.25) is 0 Å². The number of methoxy groups -OCH3 is 1. The number of nitrogens with zero attached hydrogens (tertiary/aromatic N) is 3. The number of carbonyl (C=O) groups excluding carboxylic acids is 1. The lowest BCUT2D eigenvalue weighted by atomic mass is 10.1. The van der Waals surface area contributed by atoms with E-state index < -0.39 is 6.10 Å². The van der Waals surface area contributed by atoms with Crippen LogP contribution in [-0.4, -0.2) is 58.4 Å². The molecule has 3 heterocycles. The number of rotatable bonds is 8. The van der Waals surface area contributed by atoms with Gasteiger partial charge >= 0.3 is 0 Å². The normalized spacial score (nSPS) is 18.6. The second kappa shape index (κ2) is 9.93. The van der Waals surface area contributed by atoms with Crippen molar-refractivity contribution >= 4 is 5.91 Å². The van der Waals surface area contributed by atoms with Crippen molar-refractivity contribution in [3.63, 3.8) is 0 Å². The van der Waals surface area contributed by atoms with Crippen LogP contribution in [0.1, 0.15) is 23.4 Å². The van der Waals surface area contributed by atoms with Crippen molar-refractivity contribution < 1.29 is 19.2 Å². The van der Waals surface area contributed by atoms with E-state index in [2.05, 4.69) is 15.5 Å². The Bertz CT molecular complexity index is 1030. The quantitative estimate of drug-likeness (QED) is 0.559. The summed E-state index contributed by atoms with van der Waals surface area (Å²) >= 11 is 0. The minimum atomic E-state index is -0.500. The van der Waals surface area contributed by atoms with E-state index in [4.69, 9.17) is 9.26 Å². The van der Waals surface area contributed by atoms with E-state index in [9.17, 15) is 9.90 Å². The van der Waals surface area contributed by atoms with Crippen LogP contribution in [0.15, 0.2) is 53.2 Å². The fourth-order valence-electron chi connectivity index (χ4n) is 3.98. The predicted molar refractivity (Wildman–Crippen MR) is 119 cm³/mol. The number of aliphatic hydroxyl groups excluding tert-OH is 1. The molecule has 1 amide bonds. The van der Waals surface area contributed by atoms with Crippen LogP contribution >= 0.6 is 0 Å². The minimum absolute atomic E-state index is 0.0706. The summed E-state index contributed by atoms with van der Waals surface area (Å²) in [6.07, 6.45) is 2.36. The van der Waals surface area contributed by atoms with Gasteiger partial charge in [-0.2, -0.15) is 0 Å². The molecule has 0 aliphatic carbocycles. The van der Waals surface area contributed by atoms with Crippen LogP contribution < -0.4 is 10.1 Å². The van der Waals surface area contributed by atoms with Crippen molar-refractivity contribution in [1.29, 1.82) is 0 Å². The van der Waals surface area contributed by atoms with Crippen molar-refractivity contribution in [3.05, 3.63) is 65.7 Å². The molecular weight excluding hydrogens is 408 g/mol. The lowest BCUT2D eigenvalue weighted by Gasteiger charge is -2.22. The Morgan fingerprint density at radius 1 is 1.25 bits per heavy atom. The zero-order valence-electron chi connectivity index (χ0n) is 18.3. The highest BCUT2D eigenvalue weighted by Crippen LogP contribution is 2.22. The van der Waals surface area contributed by atoms with Gasteiger partial charge < -0.3 is 19.7 Å². The molecular formula is C24H28N4O4. The summed E-state index contributed by atoms with van der Waals surface area (Å²) in [5.41, 5.74) is 3.89. The molecule has 8 heteroatoms. The summed E-state index contributed by atoms with van der Waals surface area (Å²) in [6, 6.07) is 13.3. The van der Waals surface area contributed by atoms with E-state index in [0.29, 0.717) is 38.4 Å². The van der Waals surface area contributed by atoms with E-state index >= 15 is 0 Å². The van der Waals surface area contributed by atoms with Gasteiger partial charge in [0.05, 0.1) is 24.9 Å². The average Bonchev–Trinajstić information content (AvgIpc) is 3.41. The third kappa shape index (κ3) is 5.33. The topological polar surface area (TPSA) is 101 Å². The Morgan fingerprint density at radius 3 is 2.69 bits per heavy atom. The molecule has 2 N–H and O–H groups in total. The van der Waals surface area contributed by atoms with Gasteiger partial charge in [0.15, 0.2) is 0 Å². The molecule has 8 nitrogen and oxygen atoms in total. The molecule has 0 spiro atoms. The Hall–Kier alpha value is -3.23. The van der Waals surface area contributed by atoms with Crippen LogP contribution in [0.3, 0.4) is 0 Å². The molecule has 0 radical (unpaired) electrons. The number of ether oxygens (including phenoxy) is 1. The van der Waals surface area contributed by atoms with Gasteiger partial charge in [0.25, 0.3) is 0 Å². The first-order valence-electron chi connectivity index (χ1n) is 10.7. The summed E-state index contributed by atoms with van der Waals surface area (Å²) < 4.78 is 10.4. The minimum Gasteiger partial charge on any atom is -0.481 e. The number of benzene rings is 1. The summed E-state index contributed by atoms with van der Waals surface area (Å²) in [7, 11) is 1.59. The van der Waals surface area contributed by atoms with Crippen LogP contribution in [-0.2, 0) is 17.8 Å². The highest BCUT2D eigenvalue weighted by molar-refractivity contribution is 5.82. The van der Waals surface area contributed by atoms with E-state index in [0.717, 1.165) is 28.1 Å². The van der Waals surface area contributed by atoms with Gasteiger partial charge in [-0.25, -0.2) is 4.98 Å². The molecule has 1 aliphatic rings. The molecule has 1 fully saturated rings. The second-order valence-electron chi connectivity index (χ2n) is 8.09. The number of likely N-dealkylation sites (tertiary alicyclic amines) is 1. The highest BCUT2D eigenvalue weighted by Gasteiger charge is 2.35. The average molecular weight is 437 g/mol. The first kappa shape index (κ1) is 22.0. The summed E-state index contributed by atoms with van der Waals surface area (Å²) in [4.78, 5) is 19.1. The fourth-order valence-corrected chi connectivity index (χ4v) is 3.98. The molecule has 32 heavy (non-hydrogen) atoms. The number of carbonyl (C=O) groups is 1. The summed E-state index contributed by atoms with van der Waals surface area (Å²) in [6.45, 7) is 3.43. The summed E-state index contributed by atoms with van der Waals surface area (Å²) in [5.74, 6) is 1.30. The monoisotopic (exact) mass is 436 g/mol. The second-order valence-corrected chi connectivity index (χ2v) is 8.09. The molecule has 1 aromatic carbocycles. The predicted octanol–water partition coefficient (Wildman–Crippen LogP) is 2.35. The van der Waals surface area contributed by atoms with E-state index in [1.807, 2.05) is 54.3 Å². The molecule has 4 rings (SSSR count). The van der Waals surface area contributed by atoms with Crippen molar-refractivity contribution in [3.8, 4) is 17.0 Å². The lowest BCUT2D eigenvalue weighted by Crippen LogP contribution is -2.43. The Kier molecular flexibility index (Phi) is 6.82. The van der Waals surface area contributed by atoms with Gasteiger partial charge in [-0.1, -0.05) is 29.4 Å². The van der Waals surface area contributed by atoms with Gasteiger partial charge in [0.1, 0.15) is 5.76 Å².